The lowest BCUT2D eigenvalue weighted by Gasteiger charge is -2.12. The maximum atomic E-state index is 10.6. The van der Waals surface area contributed by atoms with Crippen LogP contribution in [-0.4, -0.2) is 24.6 Å². The number of hydrogen-bond acceptors (Lipinski definition) is 5. The van der Waals surface area contributed by atoms with Gasteiger partial charge in [0.15, 0.2) is 5.75 Å². The first-order valence-corrected chi connectivity index (χ1v) is 5.58. The number of halogens is 2. The Morgan fingerprint density at radius 3 is 2.50 bits per heavy atom. The fourth-order valence-corrected chi connectivity index (χ4v) is 1.73. The molecule has 0 aliphatic rings. The summed E-state index contributed by atoms with van der Waals surface area (Å²) in [6.07, 6.45) is 0. The second-order valence-electron chi connectivity index (χ2n) is 3.28. The Bertz CT molecular complexity index is 479. The summed E-state index contributed by atoms with van der Waals surface area (Å²) in [7, 11) is 1.61. The Labute approximate surface area is 113 Å². The van der Waals surface area contributed by atoms with Gasteiger partial charge in [0.05, 0.1) is 21.0 Å². The molecule has 0 fully saturated rings. The topological polar surface area (TPSA) is 88.2 Å². The number of nitrogens with one attached hydrogen (secondary N) is 1. The largest absolute Gasteiger partial charge is 0.488 e. The minimum atomic E-state index is -0.604. The summed E-state index contributed by atoms with van der Waals surface area (Å²) in [5, 5.41) is 22.1. The molecule has 0 spiro atoms. The molecule has 1 aromatic rings. The molecule has 0 bridgehead atoms. The van der Waals surface area contributed by atoms with E-state index in [0.29, 0.717) is 0 Å². The van der Waals surface area contributed by atoms with Gasteiger partial charge < -0.3 is 10.1 Å². The molecule has 0 amide bonds. The molecule has 0 aliphatic carbocycles. The highest BCUT2D eigenvalue weighted by atomic mass is 35.5. The average Bonchev–Trinajstić information content (AvgIpc) is 2.32. The Morgan fingerprint density at radius 1 is 1.56 bits per heavy atom. The molecule has 1 atom stereocenters. The van der Waals surface area contributed by atoms with E-state index in [-0.39, 0.29) is 28.1 Å². The van der Waals surface area contributed by atoms with Crippen molar-refractivity contribution in [3.63, 3.8) is 0 Å². The summed E-state index contributed by atoms with van der Waals surface area (Å²) in [5.41, 5.74) is -0.220. The maximum absolute atomic E-state index is 10.6. The van der Waals surface area contributed by atoms with Crippen molar-refractivity contribution in [3.8, 4) is 11.8 Å². The quantitative estimate of drug-likeness (QED) is 0.664. The molecule has 0 aliphatic heterocycles. The third-order valence-electron chi connectivity index (χ3n) is 2.09. The average molecular weight is 290 g/mol. The van der Waals surface area contributed by atoms with Crippen molar-refractivity contribution in [3.05, 3.63) is 32.3 Å². The minimum Gasteiger partial charge on any atom is -0.488 e. The van der Waals surface area contributed by atoms with E-state index in [9.17, 15) is 10.1 Å². The fourth-order valence-electron chi connectivity index (χ4n) is 1.14. The second-order valence-corrected chi connectivity index (χ2v) is 4.09. The van der Waals surface area contributed by atoms with Gasteiger partial charge in [-0.25, -0.2) is 0 Å². The number of nitro groups is 1. The van der Waals surface area contributed by atoms with Gasteiger partial charge in [-0.3, -0.25) is 10.1 Å². The molecule has 0 radical (unpaired) electrons. The van der Waals surface area contributed by atoms with Crippen molar-refractivity contribution >= 4 is 28.9 Å². The zero-order chi connectivity index (χ0) is 13.7. The van der Waals surface area contributed by atoms with Crippen LogP contribution in [0.5, 0.6) is 5.75 Å². The van der Waals surface area contributed by atoms with Gasteiger partial charge in [0.25, 0.3) is 5.69 Å². The van der Waals surface area contributed by atoms with E-state index in [2.05, 4.69) is 5.32 Å². The van der Waals surface area contributed by atoms with E-state index in [1.54, 1.807) is 7.05 Å². The third-order valence-corrected chi connectivity index (χ3v) is 2.65. The van der Waals surface area contributed by atoms with Crippen LogP contribution < -0.4 is 10.1 Å². The summed E-state index contributed by atoms with van der Waals surface area (Å²) in [6.45, 7) is 0.0320. The van der Waals surface area contributed by atoms with E-state index < -0.39 is 11.0 Å². The lowest BCUT2D eigenvalue weighted by Crippen LogP contribution is -2.30. The molecule has 96 valence electrons. The zero-order valence-corrected chi connectivity index (χ0v) is 10.8. The Balaban J connectivity index is 2.91. The van der Waals surface area contributed by atoms with Crippen molar-refractivity contribution in [2.45, 2.75) is 6.04 Å². The van der Waals surface area contributed by atoms with Crippen molar-refractivity contribution < 1.29 is 9.66 Å². The van der Waals surface area contributed by atoms with Crippen LogP contribution in [0.3, 0.4) is 0 Å². The summed E-state index contributed by atoms with van der Waals surface area (Å²) in [4.78, 5) is 9.97. The third kappa shape index (κ3) is 3.47. The number of non-ortho nitro benzene ring substituents is 1. The maximum Gasteiger partial charge on any atom is 0.272 e. The van der Waals surface area contributed by atoms with Crippen LogP contribution in [0.4, 0.5) is 5.69 Å². The second kappa shape index (κ2) is 6.40. The number of nitriles is 1. The first kappa shape index (κ1) is 14.5. The van der Waals surface area contributed by atoms with E-state index in [0.717, 1.165) is 12.1 Å². The van der Waals surface area contributed by atoms with E-state index >= 15 is 0 Å². The summed E-state index contributed by atoms with van der Waals surface area (Å²) < 4.78 is 5.27. The zero-order valence-electron chi connectivity index (χ0n) is 9.31. The highest BCUT2D eigenvalue weighted by molar-refractivity contribution is 6.37. The van der Waals surface area contributed by atoms with E-state index in [1.165, 1.54) is 0 Å². The van der Waals surface area contributed by atoms with E-state index in [4.69, 9.17) is 33.2 Å². The Kier molecular flexibility index (Phi) is 5.16. The SMILES string of the molecule is CNC(C#N)COc1c(Cl)cc([N+](=O)[O-])cc1Cl. The van der Waals surface area contributed by atoms with Gasteiger partial charge in [-0.2, -0.15) is 5.26 Å². The fraction of sp³-hybridized carbons (Fsp3) is 0.300. The minimum absolute atomic E-state index is 0.0296. The lowest BCUT2D eigenvalue weighted by atomic mass is 10.3. The standard InChI is InChI=1S/C10H9Cl2N3O3/c1-14-6(4-13)5-18-10-8(11)2-7(15(16)17)3-9(10)12/h2-3,6,14H,5H2,1H3. The molecule has 1 N–H and O–H groups in total. The normalized spacial score (nSPS) is 11.7. The molecular formula is C10H9Cl2N3O3. The first-order chi connectivity index (χ1) is 8.49. The van der Waals surface area contributed by atoms with Crippen LogP contribution in [0.25, 0.3) is 0 Å². The molecule has 0 aromatic heterocycles. The predicted octanol–water partition coefficient (Wildman–Crippen LogP) is 2.39. The lowest BCUT2D eigenvalue weighted by molar-refractivity contribution is -0.384. The van der Waals surface area contributed by atoms with Crippen LogP contribution in [0.2, 0.25) is 10.0 Å². The van der Waals surface area contributed by atoms with Crippen LogP contribution in [0.15, 0.2) is 12.1 Å². The number of likely N-dealkylation sites (N-methyl/N-ethyl adjacent to an activating group) is 1. The number of benzene rings is 1. The molecule has 0 heterocycles. The number of rotatable bonds is 5. The number of hydrogen-bond donors (Lipinski definition) is 1. The molecule has 1 unspecified atom stereocenters. The summed E-state index contributed by atoms with van der Waals surface area (Å²) in [6, 6.07) is 3.72. The number of nitro benzene ring substituents is 1. The van der Waals surface area contributed by atoms with Crippen molar-refractivity contribution in [1.29, 1.82) is 5.26 Å². The van der Waals surface area contributed by atoms with Crippen LogP contribution in [-0.2, 0) is 0 Å². The Hall–Kier alpha value is -1.55. The summed E-state index contributed by atoms with van der Waals surface area (Å²) >= 11 is 11.7. The van der Waals surface area contributed by atoms with Gasteiger partial charge in [0, 0.05) is 12.1 Å². The van der Waals surface area contributed by atoms with Crippen LogP contribution in [0.1, 0.15) is 0 Å². The van der Waals surface area contributed by atoms with Crippen LogP contribution >= 0.6 is 23.2 Å². The van der Waals surface area contributed by atoms with Gasteiger partial charge in [-0.15, -0.1) is 0 Å². The highest BCUT2D eigenvalue weighted by Crippen LogP contribution is 2.36. The smallest absolute Gasteiger partial charge is 0.272 e. The Morgan fingerprint density at radius 2 is 2.11 bits per heavy atom. The van der Waals surface area contributed by atoms with Gasteiger partial charge >= 0.3 is 0 Å². The molecule has 1 aromatic carbocycles. The molecule has 6 nitrogen and oxygen atoms in total. The van der Waals surface area contributed by atoms with Gasteiger partial charge in [-0.1, -0.05) is 23.2 Å². The van der Waals surface area contributed by atoms with Gasteiger partial charge in [0.2, 0.25) is 0 Å². The molecule has 1 rings (SSSR count). The van der Waals surface area contributed by atoms with Crippen molar-refractivity contribution in [2.24, 2.45) is 0 Å². The highest BCUT2D eigenvalue weighted by Gasteiger charge is 2.16. The monoisotopic (exact) mass is 289 g/mol. The molecule has 0 saturated heterocycles. The van der Waals surface area contributed by atoms with Crippen molar-refractivity contribution in [1.82, 2.24) is 5.32 Å². The molecule has 8 heteroatoms. The number of nitrogens with zero attached hydrogens (tertiary/aromatic N) is 2. The molecule has 0 saturated carbocycles. The van der Waals surface area contributed by atoms with Gasteiger partial charge in [0.1, 0.15) is 12.6 Å². The summed E-state index contributed by atoms with van der Waals surface area (Å²) in [5.74, 6) is 0.124. The van der Waals surface area contributed by atoms with Crippen molar-refractivity contribution in [2.75, 3.05) is 13.7 Å². The molecule has 18 heavy (non-hydrogen) atoms. The molecular weight excluding hydrogens is 281 g/mol. The van der Waals surface area contributed by atoms with Gasteiger partial charge in [-0.05, 0) is 7.05 Å². The predicted molar refractivity (Wildman–Crippen MR) is 67.1 cm³/mol. The van der Waals surface area contributed by atoms with Crippen LogP contribution in [0, 0.1) is 21.4 Å². The van der Waals surface area contributed by atoms with E-state index in [1.807, 2.05) is 6.07 Å². The first-order valence-electron chi connectivity index (χ1n) is 4.82. The number of ether oxygens (including phenoxy) is 1.